The van der Waals surface area contributed by atoms with E-state index in [9.17, 15) is 4.79 Å². The highest BCUT2D eigenvalue weighted by Crippen LogP contribution is 2.48. The Hall–Kier alpha value is -2.69. The molecule has 5 heteroatoms. The fourth-order valence-corrected chi connectivity index (χ4v) is 3.51. The third kappa shape index (κ3) is 1.64. The van der Waals surface area contributed by atoms with Crippen LogP contribution in [0.3, 0.4) is 0 Å². The average molecular weight is 310 g/mol. The number of ether oxygens (including phenoxy) is 3. The Balaban J connectivity index is 1.80. The molecule has 5 rings (SSSR count). The van der Waals surface area contributed by atoms with Gasteiger partial charge in [-0.2, -0.15) is 0 Å². The topological polar surface area (TPSA) is 57.9 Å². The first kappa shape index (κ1) is 12.8. The van der Waals surface area contributed by atoms with Crippen LogP contribution < -0.4 is 4.74 Å². The van der Waals surface area contributed by atoms with Crippen molar-refractivity contribution in [2.24, 2.45) is 0 Å². The lowest BCUT2D eigenvalue weighted by molar-refractivity contribution is -0.0502. The summed E-state index contributed by atoms with van der Waals surface area (Å²) in [5, 5.41) is 2.00. The summed E-state index contributed by atoms with van der Waals surface area (Å²) in [4.78, 5) is 11.6. The molecular formula is C18H14O5. The fourth-order valence-electron chi connectivity index (χ4n) is 3.51. The summed E-state index contributed by atoms with van der Waals surface area (Å²) >= 11 is 0. The van der Waals surface area contributed by atoms with Crippen molar-refractivity contribution in [3.63, 3.8) is 0 Å². The van der Waals surface area contributed by atoms with Gasteiger partial charge in [0.25, 0.3) is 0 Å². The van der Waals surface area contributed by atoms with Crippen LogP contribution in [0.1, 0.15) is 25.5 Å². The van der Waals surface area contributed by atoms with Crippen molar-refractivity contribution in [3.05, 3.63) is 42.0 Å². The maximum absolute atomic E-state index is 11.6. The second kappa shape index (κ2) is 3.98. The van der Waals surface area contributed by atoms with E-state index in [2.05, 4.69) is 0 Å². The van der Waals surface area contributed by atoms with E-state index >= 15 is 0 Å². The molecule has 5 nitrogen and oxygen atoms in total. The van der Waals surface area contributed by atoms with E-state index in [0.29, 0.717) is 5.75 Å². The average Bonchev–Trinajstić information content (AvgIpc) is 3.06. The molecule has 1 saturated heterocycles. The van der Waals surface area contributed by atoms with Crippen molar-refractivity contribution in [3.8, 4) is 5.75 Å². The van der Waals surface area contributed by atoms with Crippen LogP contribution in [0.4, 0.5) is 4.79 Å². The summed E-state index contributed by atoms with van der Waals surface area (Å²) in [5.41, 5.74) is 1.73. The number of hydrogen-bond donors (Lipinski definition) is 0. The molecule has 116 valence electrons. The summed E-state index contributed by atoms with van der Waals surface area (Å²) in [6, 6.07) is 11.7. The van der Waals surface area contributed by atoms with Gasteiger partial charge in [-0.25, -0.2) is 4.79 Å². The van der Waals surface area contributed by atoms with Crippen LogP contribution in [0.25, 0.3) is 21.9 Å². The number of furan rings is 1. The quantitative estimate of drug-likeness (QED) is 0.578. The largest absolute Gasteiger partial charge is 0.509 e. The molecule has 2 aliphatic heterocycles. The molecule has 0 amide bonds. The Labute approximate surface area is 131 Å². The lowest BCUT2D eigenvalue weighted by atomic mass is 9.88. The third-order valence-corrected chi connectivity index (χ3v) is 4.60. The second-order valence-electron chi connectivity index (χ2n) is 6.52. The number of para-hydroxylation sites is 1. The Morgan fingerprint density at radius 1 is 1.00 bits per heavy atom. The molecule has 23 heavy (non-hydrogen) atoms. The summed E-state index contributed by atoms with van der Waals surface area (Å²) in [7, 11) is 0. The molecule has 0 saturated carbocycles. The van der Waals surface area contributed by atoms with Gasteiger partial charge in [-0.15, -0.1) is 0 Å². The van der Waals surface area contributed by atoms with Crippen LogP contribution in [0.5, 0.6) is 5.75 Å². The second-order valence-corrected chi connectivity index (χ2v) is 6.52. The molecule has 2 aliphatic rings. The molecule has 2 aromatic carbocycles. The SMILES string of the molecule is CC1(C)Oc2cc3oc4ccccc4c3cc2[C@@H]2OC(=O)O[C@@H]21. The van der Waals surface area contributed by atoms with Crippen LogP contribution in [-0.2, 0) is 9.47 Å². The van der Waals surface area contributed by atoms with Crippen LogP contribution in [-0.4, -0.2) is 17.9 Å². The normalized spacial score (nSPS) is 24.7. The third-order valence-electron chi connectivity index (χ3n) is 4.60. The molecule has 0 bridgehead atoms. The minimum atomic E-state index is -0.663. The molecule has 1 fully saturated rings. The Morgan fingerprint density at radius 2 is 1.83 bits per heavy atom. The van der Waals surface area contributed by atoms with Gasteiger partial charge in [0.1, 0.15) is 22.5 Å². The number of fused-ring (bicyclic) bond motifs is 6. The van der Waals surface area contributed by atoms with Crippen LogP contribution in [0.15, 0.2) is 40.8 Å². The van der Waals surface area contributed by atoms with Crippen molar-refractivity contribution in [1.29, 1.82) is 0 Å². The van der Waals surface area contributed by atoms with Gasteiger partial charge >= 0.3 is 6.16 Å². The highest BCUT2D eigenvalue weighted by molar-refractivity contribution is 6.05. The van der Waals surface area contributed by atoms with E-state index in [1.807, 2.05) is 50.2 Å². The lowest BCUT2D eigenvalue weighted by Crippen LogP contribution is -2.47. The molecule has 3 aromatic rings. The van der Waals surface area contributed by atoms with Gasteiger partial charge in [0.05, 0.1) is 0 Å². The van der Waals surface area contributed by atoms with Gasteiger partial charge in [0.15, 0.2) is 12.2 Å². The first-order chi connectivity index (χ1) is 11.0. The van der Waals surface area contributed by atoms with Crippen LogP contribution in [0.2, 0.25) is 0 Å². The molecule has 0 radical (unpaired) electrons. The van der Waals surface area contributed by atoms with E-state index < -0.39 is 24.0 Å². The summed E-state index contributed by atoms with van der Waals surface area (Å²) in [6.07, 6.45) is -1.57. The highest BCUT2D eigenvalue weighted by atomic mass is 16.8. The number of carbonyl (C=O) groups is 1. The fraction of sp³-hybridized carbons (Fsp3) is 0.278. The van der Waals surface area contributed by atoms with Crippen LogP contribution in [0, 0.1) is 0 Å². The van der Waals surface area contributed by atoms with Gasteiger partial charge < -0.3 is 18.6 Å². The number of carbonyl (C=O) groups excluding carboxylic acids is 1. The zero-order valence-corrected chi connectivity index (χ0v) is 12.7. The van der Waals surface area contributed by atoms with E-state index in [-0.39, 0.29) is 0 Å². The van der Waals surface area contributed by atoms with E-state index in [1.165, 1.54) is 0 Å². The van der Waals surface area contributed by atoms with E-state index in [1.54, 1.807) is 0 Å². The molecule has 2 atom stereocenters. The highest BCUT2D eigenvalue weighted by Gasteiger charge is 2.53. The first-order valence-corrected chi connectivity index (χ1v) is 7.54. The van der Waals surface area contributed by atoms with Crippen molar-refractivity contribution in [1.82, 2.24) is 0 Å². The van der Waals surface area contributed by atoms with Crippen molar-refractivity contribution in [2.75, 3.05) is 0 Å². The van der Waals surface area contributed by atoms with Gasteiger partial charge in [0, 0.05) is 22.4 Å². The molecule has 0 unspecified atom stereocenters. The molecule has 1 aromatic heterocycles. The molecule has 0 spiro atoms. The number of hydrogen-bond acceptors (Lipinski definition) is 5. The van der Waals surface area contributed by atoms with E-state index in [0.717, 1.165) is 27.5 Å². The molecule has 0 aliphatic carbocycles. The zero-order chi connectivity index (χ0) is 15.8. The van der Waals surface area contributed by atoms with Gasteiger partial charge in [-0.3, -0.25) is 0 Å². The Kier molecular flexibility index (Phi) is 2.22. The van der Waals surface area contributed by atoms with Crippen molar-refractivity contribution < 1.29 is 23.4 Å². The summed E-state index contributed by atoms with van der Waals surface area (Å²) in [5.74, 6) is 0.668. The maximum Gasteiger partial charge on any atom is 0.509 e. The standard InChI is InChI=1S/C18H14O5/c1-18(2)16-15(21-17(19)22-16)11-7-10-9-5-3-4-6-12(9)20-13(10)8-14(11)23-18/h3-8,15-16H,1-2H3/t15-,16-/m0/s1. The van der Waals surface area contributed by atoms with Gasteiger partial charge in [-0.05, 0) is 26.0 Å². The molecule has 3 heterocycles. The predicted molar refractivity (Wildman–Crippen MR) is 82.5 cm³/mol. The summed E-state index contributed by atoms with van der Waals surface area (Å²) in [6.45, 7) is 3.77. The number of rotatable bonds is 0. The lowest BCUT2D eigenvalue weighted by Gasteiger charge is -2.38. The zero-order valence-electron chi connectivity index (χ0n) is 12.7. The smallest absolute Gasteiger partial charge is 0.483 e. The minimum Gasteiger partial charge on any atom is -0.483 e. The van der Waals surface area contributed by atoms with Gasteiger partial charge in [-0.1, -0.05) is 18.2 Å². The minimum absolute atomic E-state index is 0.459. The van der Waals surface area contributed by atoms with E-state index in [4.69, 9.17) is 18.6 Å². The number of benzene rings is 2. The van der Waals surface area contributed by atoms with Crippen molar-refractivity contribution >= 4 is 28.1 Å². The first-order valence-electron chi connectivity index (χ1n) is 7.54. The summed E-state index contributed by atoms with van der Waals surface area (Å²) < 4.78 is 22.7. The molecule has 0 N–H and O–H groups in total. The Morgan fingerprint density at radius 3 is 2.70 bits per heavy atom. The van der Waals surface area contributed by atoms with Gasteiger partial charge in [0.2, 0.25) is 0 Å². The monoisotopic (exact) mass is 310 g/mol. The van der Waals surface area contributed by atoms with Crippen molar-refractivity contribution in [2.45, 2.75) is 31.7 Å². The Bertz CT molecular complexity index is 968. The predicted octanol–water partition coefficient (Wildman–Crippen LogP) is 4.33. The maximum atomic E-state index is 11.6. The van der Waals surface area contributed by atoms with Crippen LogP contribution >= 0.6 is 0 Å². The molecular weight excluding hydrogens is 296 g/mol.